The average Bonchev–Trinajstić information content (AvgIpc) is 2.71. The zero-order valence-corrected chi connectivity index (χ0v) is 15.9. The van der Waals surface area contributed by atoms with Crippen LogP contribution in [-0.4, -0.2) is 15.9 Å². The molecule has 0 amide bonds. The molecule has 0 saturated carbocycles. The van der Waals surface area contributed by atoms with E-state index in [1.54, 1.807) is 42.6 Å². The first-order valence-corrected chi connectivity index (χ1v) is 9.16. The molecular formula is C23H17ClN2O2. The number of nitrogens with zero attached hydrogens (tertiary/aromatic N) is 2. The lowest BCUT2D eigenvalue weighted by atomic mass is 10.1. The summed E-state index contributed by atoms with van der Waals surface area (Å²) >= 11 is 5.97. The summed E-state index contributed by atoms with van der Waals surface area (Å²) in [4.78, 5) is 17.6. The SMILES string of the molecule is Cc1ccccc1N=Cc1c(O)n(-c2ccc(Cl)cc2)c(=O)c2ccccc12. The largest absolute Gasteiger partial charge is 0.494 e. The molecule has 138 valence electrons. The van der Waals surface area contributed by atoms with E-state index in [-0.39, 0.29) is 11.4 Å². The van der Waals surface area contributed by atoms with Crippen LogP contribution in [0, 0.1) is 6.92 Å². The number of para-hydroxylation sites is 1. The van der Waals surface area contributed by atoms with Gasteiger partial charge in [0.1, 0.15) is 0 Å². The second kappa shape index (κ2) is 7.33. The summed E-state index contributed by atoms with van der Waals surface area (Å²) in [6.07, 6.45) is 1.60. The lowest BCUT2D eigenvalue weighted by Crippen LogP contribution is -2.20. The normalized spacial score (nSPS) is 11.4. The van der Waals surface area contributed by atoms with Gasteiger partial charge in [0, 0.05) is 22.0 Å². The summed E-state index contributed by atoms with van der Waals surface area (Å²) in [5.74, 6) is -0.164. The Kier molecular flexibility index (Phi) is 4.72. The van der Waals surface area contributed by atoms with Gasteiger partial charge < -0.3 is 5.11 Å². The third-order valence-corrected chi connectivity index (χ3v) is 4.89. The first-order chi connectivity index (χ1) is 13.6. The first-order valence-electron chi connectivity index (χ1n) is 8.78. The number of aryl methyl sites for hydroxylation is 1. The van der Waals surface area contributed by atoms with Gasteiger partial charge in [-0.05, 0) is 48.9 Å². The minimum absolute atomic E-state index is 0.164. The molecule has 1 aromatic heterocycles. The van der Waals surface area contributed by atoms with Gasteiger partial charge in [0.2, 0.25) is 5.88 Å². The Balaban J connectivity index is 1.99. The van der Waals surface area contributed by atoms with E-state index in [1.165, 1.54) is 4.57 Å². The van der Waals surface area contributed by atoms with Gasteiger partial charge in [0.15, 0.2) is 0 Å². The van der Waals surface area contributed by atoms with Crippen molar-refractivity contribution in [3.05, 3.63) is 99.3 Å². The molecule has 1 N–H and O–H groups in total. The minimum Gasteiger partial charge on any atom is -0.494 e. The highest BCUT2D eigenvalue weighted by Gasteiger charge is 2.16. The highest BCUT2D eigenvalue weighted by molar-refractivity contribution is 6.30. The zero-order valence-electron chi connectivity index (χ0n) is 15.1. The van der Waals surface area contributed by atoms with Crippen LogP contribution in [-0.2, 0) is 0 Å². The molecule has 0 saturated heterocycles. The van der Waals surface area contributed by atoms with Crippen LogP contribution >= 0.6 is 11.6 Å². The fourth-order valence-electron chi connectivity index (χ4n) is 3.16. The predicted molar refractivity (Wildman–Crippen MR) is 115 cm³/mol. The molecule has 0 atom stereocenters. The number of hydrogen-bond donors (Lipinski definition) is 1. The van der Waals surface area contributed by atoms with Crippen molar-refractivity contribution in [2.45, 2.75) is 6.92 Å². The molecule has 4 rings (SSSR count). The van der Waals surface area contributed by atoms with Gasteiger partial charge >= 0.3 is 0 Å². The summed E-state index contributed by atoms with van der Waals surface area (Å²) in [6, 6.07) is 21.7. The van der Waals surface area contributed by atoms with E-state index >= 15 is 0 Å². The van der Waals surface area contributed by atoms with Gasteiger partial charge in [0.05, 0.1) is 16.9 Å². The van der Waals surface area contributed by atoms with Gasteiger partial charge in [-0.25, -0.2) is 4.57 Å². The fraction of sp³-hybridized carbons (Fsp3) is 0.0435. The van der Waals surface area contributed by atoms with Gasteiger partial charge in [-0.3, -0.25) is 9.79 Å². The van der Waals surface area contributed by atoms with Crippen LogP contribution < -0.4 is 5.56 Å². The Morgan fingerprint density at radius 2 is 1.57 bits per heavy atom. The number of pyridine rings is 1. The molecule has 0 aliphatic heterocycles. The van der Waals surface area contributed by atoms with Crippen molar-refractivity contribution in [3.8, 4) is 11.6 Å². The van der Waals surface area contributed by atoms with Crippen molar-refractivity contribution in [2.24, 2.45) is 4.99 Å². The number of benzene rings is 3. The van der Waals surface area contributed by atoms with E-state index in [9.17, 15) is 9.90 Å². The number of halogens is 1. The average molecular weight is 389 g/mol. The van der Waals surface area contributed by atoms with Gasteiger partial charge in [-0.15, -0.1) is 0 Å². The van der Waals surface area contributed by atoms with Crippen molar-refractivity contribution in [1.29, 1.82) is 0 Å². The lowest BCUT2D eigenvalue weighted by molar-refractivity contribution is 0.436. The standard InChI is InChI=1S/C23H17ClN2O2/c1-15-6-2-5-9-21(15)25-14-20-18-7-3-4-8-19(18)22(27)26(23(20)28)17-12-10-16(24)11-13-17/h2-14,28H,1H3. The molecule has 4 aromatic rings. The number of fused-ring (bicyclic) bond motifs is 1. The maximum atomic E-state index is 13.0. The van der Waals surface area contributed by atoms with Crippen molar-refractivity contribution in [3.63, 3.8) is 0 Å². The smallest absolute Gasteiger partial charge is 0.265 e. The summed E-state index contributed by atoms with van der Waals surface area (Å²) in [5.41, 5.74) is 2.53. The molecule has 1 heterocycles. The van der Waals surface area contributed by atoms with Crippen LogP contribution in [0.3, 0.4) is 0 Å². The van der Waals surface area contributed by atoms with E-state index in [1.807, 2.05) is 43.3 Å². The Labute approximate surface area is 167 Å². The van der Waals surface area contributed by atoms with Crippen LogP contribution in [0.25, 0.3) is 16.5 Å². The van der Waals surface area contributed by atoms with E-state index in [0.29, 0.717) is 27.0 Å². The Morgan fingerprint density at radius 3 is 2.29 bits per heavy atom. The Morgan fingerprint density at radius 1 is 0.929 bits per heavy atom. The minimum atomic E-state index is -0.302. The van der Waals surface area contributed by atoms with Crippen LogP contribution in [0.15, 0.2) is 82.6 Å². The molecule has 0 bridgehead atoms. The molecule has 28 heavy (non-hydrogen) atoms. The van der Waals surface area contributed by atoms with E-state index in [2.05, 4.69) is 4.99 Å². The molecule has 0 aliphatic rings. The number of rotatable bonds is 3. The molecule has 0 unspecified atom stereocenters. The zero-order chi connectivity index (χ0) is 19.7. The first kappa shape index (κ1) is 18.0. The van der Waals surface area contributed by atoms with Crippen molar-refractivity contribution in [2.75, 3.05) is 0 Å². The third-order valence-electron chi connectivity index (χ3n) is 4.64. The summed E-state index contributed by atoms with van der Waals surface area (Å²) in [5, 5.41) is 12.7. The van der Waals surface area contributed by atoms with Gasteiger partial charge in [-0.1, -0.05) is 48.0 Å². The topological polar surface area (TPSA) is 54.6 Å². The van der Waals surface area contributed by atoms with Crippen LogP contribution in [0.2, 0.25) is 5.02 Å². The maximum Gasteiger partial charge on any atom is 0.265 e. The molecule has 0 radical (unpaired) electrons. The molecule has 3 aromatic carbocycles. The molecule has 4 nitrogen and oxygen atoms in total. The third kappa shape index (κ3) is 3.19. The molecule has 5 heteroatoms. The number of aromatic nitrogens is 1. The second-order valence-electron chi connectivity index (χ2n) is 6.44. The van der Waals surface area contributed by atoms with E-state index in [0.717, 1.165) is 11.3 Å². The monoisotopic (exact) mass is 388 g/mol. The molecule has 0 spiro atoms. The Hall–Kier alpha value is -3.37. The number of aliphatic imine (C=N–C) groups is 1. The number of hydrogen-bond acceptors (Lipinski definition) is 3. The van der Waals surface area contributed by atoms with Gasteiger partial charge in [-0.2, -0.15) is 0 Å². The number of aromatic hydroxyl groups is 1. The van der Waals surface area contributed by atoms with Crippen molar-refractivity contribution >= 4 is 34.3 Å². The van der Waals surface area contributed by atoms with Crippen LogP contribution in [0.5, 0.6) is 5.88 Å². The Bertz CT molecular complexity index is 1260. The molecule has 0 fully saturated rings. The van der Waals surface area contributed by atoms with E-state index < -0.39 is 0 Å². The molecule has 0 aliphatic carbocycles. The predicted octanol–water partition coefficient (Wildman–Crippen LogP) is 5.41. The van der Waals surface area contributed by atoms with Crippen LogP contribution in [0.1, 0.15) is 11.1 Å². The quantitative estimate of drug-likeness (QED) is 0.477. The summed E-state index contributed by atoms with van der Waals surface area (Å²) < 4.78 is 1.28. The maximum absolute atomic E-state index is 13.0. The van der Waals surface area contributed by atoms with Crippen molar-refractivity contribution in [1.82, 2.24) is 4.57 Å². The van der Waals surface area contributed by atoms with E-state index in [4.69, 9.17) is 11.6 Å². The second-order valence-corrected chi connectivity index (χ2v) is 6.88. The highest BCUT2D eigenvalue weighted by Crippen LogP contribution is 2.27. The fourth-order valence-corrected chi connectivity index (χ4v) is 3.29. The summed E-state index contributed by atoms with van der Waals surface area (Å²) in [6.45, 7) is 1.97. The van der Waals surface area contributed by atoms with Crippen molar-refractivity contribution < 1.29 is 5.11 Å². The highest BCUT2D eigenvalue weighted by atomic mass is 35.5. The molecular weight excluding hydrogens is 372 g/mol. The van der Waals surface area contributed by atoms with Crippen LogP contribution in [0.4, 0.5) is 5.69 Å². The lowest BCUT2D eigenvalue weighted by Gasteiger charge is -2.13. The summed E-state index contributed by atoms with van der Waals surface area (Å²) in [7, 11) is 0. The van der Waals surface area contributed by atoms with Gasteiger partial charge in [0.25, 0.3) is 5.56 Å².